The van der Waals surface area contributed by atoms with Gasteiger partial charge in [-0.15, -0.1) is 0 Å². The second kappa shape index (κ2) is 5.60. The molecule has 0 spiro atoms. The molecule has 4 nitrogen and oxygen atoms in total. The standard InChI is InChI=1S/C13H18ClFN2O2S/c1-13(2)8-16-4-3-12(13)17-20(18,19)11-6-9(14)5-10(15)7-11/h5-7,12,16-17H,3-4,8H2,1-2H3. The molecule has 1 aliphatic rings. The second-order valence-electron chi connectivity index (χ2n) is 5.73. The molecular formula is C13H18ClFN2O2S. The van der Waals surface area contributed by atoms with Crippen molar-refractivity contribution in [2.75, 3.05) is 13.1 Å². The van der Waals surface area contributed by atoms with Gasteiger partial charge in [0.1, 0.15) is 5.82 Å². The maximum absolute atomic E-state index is 13.3. The van der Waals surface area contributed by atoms with Crippen molar-refractivity contribution >= 4 is 21.6 Å². The summed E-state index contributed by atoms with van der Waals surface area (Å²) >= 11 is 5.71. The zero-order valence-corrected chi connectivity index (χ0v) is 13.0. The van der Waals surface area contributed by atoms with Gasteiger partial charge in [-0.3, -0.25) is 0 Å². The fourth-order valence-electron chi connectivity index (χ4n) is 2.33. The van der Waals surface area contributed by atoms with Gasteiger partial charge in [0.15, 0.2) is 0 Å². The van der Waals surface area contributed by atoms with E-state index in [0.29, 0.717) is 6.42 Å². The first-order valence-corrected chi connectivity index (χ1v) is 8.26. The maximum Gasteiger partial charge on any atom is 0.240 e. The first kappa shape index (κ1) is 15.7. The molecule has 1 heterocycles. The van der Waals surface area contributed by atoms with Gasteiger partial charge in [-0.2, -0.15) is 0 Å². The number of benzene rings is 1. The number of hydrogen-bond donors (Lipinski definition) is 2. The molecule has 20 heavy (non-hydrogen) atoms. The minimum Gasteiger partial charge on any atom is -0.316 e. The van der Waals surface area contributed by atoms with Crippen LogP contribution in [0, 0.1) is 11.2 Å². The SMILES string of the molecule is CC1(C)CNCCC1NS(=O)(=O)c1cc(F)cc(Cl)c1. The highest BCUT2D eigenvalue weighted by Gasteiger charge is 2.35. The van der Waals surface area contributed by atoms with E-state index in [4.69, 9.17) is 11.6 Å². The second-order valence-corrected chi connectivity index (χ2v) is 7.88. The number of sulfonamides is 1. The van der Waals surface area contributed by atoms with Gasteiger partial charge in [-0.05, 0) is 36.6 Å². The van der Waals surface area contributed by atoms with Gasteiger partial charge in [-0.1, -0.05) is 25.4 Å². The number of halogens is 2. The average molecular weight is 321 g/mol. The zero-order chi connectivity index (χ0) is 15.0. The molecule has 0 aromatic heterocycles. The molecule has 1 aromatic carbocycles. The van der Waals surface area contributed by atoms with Gasteiger partial charge >= 0.3 is 0 Å². The smallest absolute Gasteiger partial charge is 0.240 e. The number of piperidine rings is 1. The van der Waals surface area contributed by atoms with Crippen molar-refractivity contribution in [3.63, 3.8) is 0 Å². The van der Waals surface area contributed by atoms with Gasteiger partial charge in [0, 0.05) is 17.6 Å². The lowest BCUT2D eigenvalue weighted by molar-refractivity contribution is 0.206. The highest BCUT2D eigenvalue weighted by molar-refractivity contribution is 7.89. The molecular weight excluding hydrogens is 303 g/mol. The summed E-state index contributed by atoms with van der Waals surface area (Å²) in [6.07, 6.45) is 0.690. The van der Waals surface area contributed by atoms with E-state index in [-0.39, 0.29) is 21.4 Å². The average Bonchev–Trinajstić information content (AvgIpc) is 2.30. The first-order chi connectivity index (χ1) is 9.21. The van der Waals surface area contributed by atoms with Crippen LogP contribution in [-0.2, 0) is 10.0 Å². The third-order valence-corrected chi connectivity index (χ3v) is 5.25. The Morgan fingerprint density at radius 1 is 1.40 bits per heavy atom. The van der Waals surface area contributed by atoms with Crippen LogP contribution in [0.4, 0.5) is 4.39 Å². The minimum atomic E-state index is -3.78. The van der Waals surface area contributed by atoms with Crippen molar-refractivity contribution in [1.29, 1.82) is 0 Å². The van der Waals surface area contributed by atoms with Crippen LogP contribution >= 0.6 is 11.6 Å². The van der Waals surface area contributed by atoms with Crippen LogP contribution in [0.3, 0.4) is 0 Å². The Kier molecular flexibility index (Phi) is 4.39. The topological polar surface area (TPSA) is 58.2 Å². The van der Waals surface area contributed by atoms with Gasteiger partial charge in [0.25, 0.3) is 0 Å². The largest absolute Gasteiger partial charge is 0.316 e. The van der Waals surface area contributed by atoms with Crippen molar-refractivity contribution in [2.45, 2.75) is 31.2 Å². The van der Waals surface area contributed by atoms with E-state index in [1.54, 1.807) is 0 Å². The number of rotatable bonds is 3. The lowest BCUT2D eigenvalue weighted by atomic mass is 9.81. The van der Waals surface area contributed by atoms with Gasteiger partial charge in [0.05, 0.1) is 4.90 Å². The Labute approximate surface area is 123 Å². The molecule has 7 heteroatoms. The lowest BCUT2D eigenvalue weighted by Gasteiger charge is -2.39. The molecule has 2 N–H and O–H groups in total. The Balaban J connectivity index is 2.26. The molecule has 1 atom stereocenters. The van der Waals surface area contributed by atoms with Crippen LogP contribution in [0.15, 0.2) is 23.1 Å². The van der Waals surface area contributed by atoms with Crippen molar-refractivity contribution in [3.05, 3.63) is 29.0 Å². The zero-order valence-electron chi connectivity index (χ0n) is 11.4. The summed E-state index contributed by atoms with van der Waals surface area (Å²) in [7, 11) is -3.78. The van der Waals surface area contributed by atoms with Crippen LogP contribution in [-0.4, -0.2) is 27.5 Å². The van der Waals surface area contributed by atoms with E-state index in [1.165, 1.54) is 6.07 Å². The van der Waals surface area contributed by atoms with E-state index >= 15 is 0 Å². The van der Waals surface area contributed by atoms with Crippen LogP contribution in [0.5, 0.6) is 0 Å². The predicted octanol–water partition coefficient (Wildman–Crippen LogP) is 2.15. The predicted molar refractivity (Wildman–Crippen MR) is 76.8 cm³/mol. The third kappa shape index (κ3) is 3.49. The fraction of sp³-hybridized carbons (Fsp3) is 0.538. The first-order valence-electron chi connectivity index (χ1n) is 6.40. The summed E-state index contributed by atoms with van der Waals surface area (Å²) in [6, 6.07) is 3.11. The van der Waals surface area contributed by atoms with Crippen molar-refractivity contribution in [1.82, 2.24) is 10.0 Å². The van der Waals surface area contributed by atoms with Crippen molar-refractivity contribution < 1.29 is 12.8 Å². The molecule has 112 valence electrons. The number of hydrogen-bond acceptors (Lipinski definition) is 3. The van der Waals surface area contributed by atoms with Gasteiger partial charge in [-0.25, -0.2) is 17.5 Å². The van der Waals surface area contributed by atoms with E-state index in [9.17, 15) is 12.8 Å². The molecule has 1 saturated heterocycles. The monoisotopic (exact) mass is 320 g/mol. The Morgan fingerprint density at radius 2 is 2.10 bits per heavy atom. The van der Waals surface area contributed by atoms with Crippen LogP contribution in [0.25, 0.3) is 0 Å². The summed E-state index contributed by atoms with van der Waals surface area (Å²) in [5.74, 6) is -0.664. The Morgan fingerprint density at radius 3 is 2.70 bits per heavy atom. The normalized spacial score (nSPS) is 22.7. The molecule has 0 radical (unpaired) electrons. The molecule has 1 aliphatic heterocycles. The quantitative estimate of drug-likeness (QED) is 0.897. The minimum absolute atomic E-state index is 0.0648. The Hall–Kier alpha value is -0.690. The summed E-state index contributed by atoms with van der Waals surface area (Å²) in [4.78, 5) is -0.142. The van der Waals surface area contributed by atoms with Gasteiger partial charge < -0.3 is 5.32 Å². The summed E-state index contributed by atoms with van der Waals surface area (Å²) in [5, 5.41) is 3.30. The summed E-state index contributed by atoms with van der Waals surface area (Å²) in [6.45, 7) is 5.46. The molecule has 1 unspecified atom stereocenters. The van der Waals surface area contributed by atoms with E-state index in [2.05, 4.69) is 10.0 Å². The molecule has 1 aromatic rings. The molecule has 0 amide bonds. The van der Waals surface area contributed by atoms with Gasteiger partial charge in [0.2, 0.25) is 10.0 Å². The Bertz CT molecular complexity index is 584. The maximum atomic E-state index is 13.3. The summed E-state index contributed by atoms with van der Waals surface area (Å²) in [5.41, 5.74) is -0.206. The van der Waals surface area contributed by atoms with E-state index in [0.717, 1.165) is 25.2 Å². The third-order valence-electron chi connectivity index (χ3n) is 3.58. The van der Waals surface area contributed by atoms with Crippen molar-refractivity contribution in [3.8, 4) is 0 Å². The fourth-order valence-corrected chi connectivity index (χ4v) is 4.11. The summed E-state index contributed by atoms with van der Waals surface area (Å²) < 4.78 is 40.6. The molecule has 0 bridgehead atoms. The van der Waals surface area contributed by atoms with Crippen LogP contribution in [0.2, 0.25) is 5.02 Å². The van der Waals surface area contributed by atoms with Crippen LogP contribution < -0.4 is 10.0 Å². The van der Waals surface area contributed by atoms with E-state index < -0.39 is 15.8 Å². The molecule has 1 fully saturated rings. The van der Waals surface area contributed by atoms with Crippen LogP contribution in [0.1, 0.15) is 20.3 Å². The highest BCUT2D eigenvalue weighted by atomic mass is 35.5. The molecule has 2 rings (SSSR count). The highest BCUT2D eigenvalue weighted by Crippen LogP contribution is 2.27. The molecule has 0 aliphatic carbocycles. The van der Waals surface area contributed by atoms with Crippen molar-refractivity contribution in [2.24, 2.45) is 5.41 Å². The molecule has 0 saturated carbocycles. The van der Waals surface area contributed by atoms with E-state index in [1.807, 2.05) is 13.8 Å². The number of nitrogens with one attached hydrogen (secondary N) is 2. The lowest BCUT2D eigenvalue weighted by Crippen LogP contribution is -2.54.